The Morgan fingerprint density at radius 2 is 1.89 bits per heavy atom. The predicted molar refractivity (Wildman–Crippen MR) is 83.6 cm³/mol. The van der Waals surface area contributed by atoms with Crippen LogP contribution in [0.1, 0.15) is 20.8 Å². The Balaban J connectivity index is 2.21. The van der Waals surface area contributed by atoms with Gasteiger partial charge in [0.25, 0.3) is 5.91 Å². The van der Waals surface area contributed by atoms with Crippen molar-refractivity contribution in [2.45, 2.75) is 13.8 Å². The van der Waals surface area contributed by atoms with Gasteiger partial charge in [-0.2, -0.15) is 0 Å². The number of hydrogen-bond acceptors (Lipinski definition) is 2. The van der Waals surface area contributed by atoms with Crippen LogP contribution in [0.15, 0.2) is 32.5 Å². The molecule has 5 heteroatoms. The summed E-state index contributed by atoms with van der Waals surface area (Å²) in [7, 11) is 0. The lowest BCUT2D eigenvalue weighted by Crippen LogP contribution is -2.10. The molecule has 94 valence electrons. The predicted octanol–water partition coefficient (Wildman–Crippen LogP) is 5.14. The van der Waals surface area contributed by atoms with E-state index in [1.807, 2.05) is 38.1 Å². The van der Waals surface area contributed by atoms with Crippen molar-refractivity contribution < 1.29 is 4.79 Å². The molecule has 18 heavy (non-hydrogen) atoms. The van der Waals surface area contributed by atoms with E-state index >= 15 is 0 Å². The van der Waals surface area contributed by atoms with Crippen molar-refractivity contribution in [1.82, 2.24) is 0 Å². The van der Waals surface area contributed by atoms with Crippen molar-refractivity contribution in [2.24, 2.45) is 0 Å². The number of thiophene rings is 1. The lowest BCUT2D eigenvalue weighted by Gasteiger charge is -2.05. The maximum Gasteiger partial charge on any atom is 0.265 e. The summed E-state index contributed by atoms with van der Waals surface area (Å²) in [4.78, 5) is 12.8. The van der Waals surface area contributed by atoms with E-state index in [9.17, 15) is 4.79 Å². The maximum atomic E-state index is 12.1. The molecule has 2 nitrogen and oxygen atoms in total. The van der Waals surface area contributed by atoms with Crippen LogP contribution >= 0.6 is 43.2 Å². The van der Waals surface area contributed by atoms with Gasteiger partial charge in [0.2, 0.25) is 0 Å². The first-order valence-corrected chi connectivity index (χ1v) is 7.70. The van der Waals surface area contributed by atoms with Gasteiger partial charge in [0.05, 0.1) is 8.66 Å². The van der Waals surface area contributed by atoms with Crippen LogP contribution in [0.25, 0.3) is 0 Å². The maximum absolute atomic E-state index is 12.1. The molecule has 0 bridgehead atoms. The number of rotatable bonds is 2. The Morgan fingerprint density at radius 1 is 1.17 bits per heavy atom. The molecule has 1 aromatic heterocycles. The average molecular weight is 389 g/mol. The molecule has 1 heterocycles. The van der Waals surface area contributed by atoms with Gasteiger partial charge in [0.15, 0.2) is 0 Å². The number of nitrogens with one attached hydrogen (secondary N) is 1. The Hall–Kier alpha value is -0.650. The summed E-state index contributed by atoms with van der Waals surface area (Å²) in [5.41, 5.74) is 2.98. The molecular weight excluding hydrogens is 378 g/mol. The highest BCUT2D eigenvalue weighted by Crippen LogP contribution is 2.28. The summed E-state index contributed by atoms with van der Waals surface area (Å²) < 4.78 is 1.96. The molecule has 2 aromatic rings. The molecule has 0 aliphatic heterocycles. The number of benzene rings is 1. The Labute approximate surface area is 127 Å². The first kappa shape index (κ1) is 13.8. The minimum Gasteiger partial charge on any atom is -0.321 e. The molecule has 1 N–H and O–H groups in total. The van der Waals surface area contributed by atoms with Crippen LogP contribution in [0.2, 0.25) is 0 Å². The smallest absolute Gasteiger partial charge is 0.265 e. The van der Waals surface area contributed by atoms with Crippen LogP contribution in [0.5, 0.6) is 0 Å². The largest absolute Gasteiger partial charge is 0.321 e. The molecule has 0 radical (unpaired) electrons. The fourth-order valence-electron chi connectivity index (χ4n) is 1.57. The normalized spacial score (nSPS) is 10.4. The average Bonchev–Trinajstić information content (AvgIpc) is 2.57. The van der Waals surface area contributed by atoms with Gasteiger partial charge in [0.1, 0.15) is 0 Å². The number of carbonyl (C=O) groups is 1. The van der Waals surface area contributed by atoms with E-state index in [1.54, 1.807) is 0 Å². The third-order valence-corrected chi connectivity index (χ3v) is 4.97. The van der Waals surface area contributed by atoms with Crippen molar-refractivity contribution in [3.05, 3.63) is 48.5 Å². The Morgan fingerprint density at radius 3 is 2.44 bits per heavy atom. The standard InChI is InChI=1S/C13H11Br2NOS/c1-7-3-9(14)6-10(4-7)16-13(17)11-5-8(2)12(15)18-11/h3-6H,1-2H3,(H,16,17). The highest BCUT2D eigenvalue weighted by atomic mass is 79.9. The van der Waals surface area contributed by atoms with Gasteiger partial charge in [0, 0.05) is 10.2 Å². The van der Waals surface area contributed by atoms with Crippen molar-refractivity contribution in [3.63, 3.8) is 0 Å². The second kappa shape index (κ2) is 5.55. The van der Waals surface area contributed by atoms with Gasteiger partial charge in [-0.3, -0.25) is 4.79 Å². The summed E-state index contributed by atoms with van der Waals surface area (Å²) in [5.74, 6) is -0.0775. The molecule has 0 atom stereocenters. The van der Waals surface area contributed by atoms with Crippen molar-refractivity contribution >= 4 is 54.8 Å². The third kappa shape index (κ3) is 3.22. The number of halogens is 2. The van der Waals surface area contributed by atoms with Crippen LogP contribution < -0.4 is 5.32 Å². The molecule has 0 aliphatic rings. The second-order valence-corrected chi connectivity index (χ2v) is 7.32. The minimum atomic E-state index is -0.0775. The zero-order chi connectivity index (χ0) is 13.3. The molecule has 0 aliphatic carbocycles. The molecule has 0 saturated heterocycles. The summed E-state index contributed by atoms with van der Waals surface area (Å²) in [5, 5.41) is 2.90. The summed E-state index contributed by atoms with van der Waals surface area (Å²) in [6.07, 6.45) is 0. The highest BCUT2D eigenvalue weighted by molar-refractivity contribution is 9.11. The van der Waals surface area contributed by atoms with Crippen LogP contribution in [0.4, 0.5) is 5.69 Å². The minimum absolute atomic E-state index is 0.0775. The lowest BCUT2D eigenvalue weighted by molar-refractivity contribution is 0.103. The quantitative estimate of drug-likeness (QED) is 0.757. The van der Waals surface area contributed by atoms with E-state index in [0.717, 1.165) is 25.1 Å². The molecular formula is C13H11Br2NOS. The molecule has 0 fully saturated rings. The van der Waals surface area contributed by atoms with E-state index in [2.05, 4.69) is 37.2 Å². The number of hydrogen-bond donors (Lipinski definition) is 1. The zero-order valence-electron chi connectivity index (χ0n) is 9.88. The van der Waals surface area contributed by atoms with Crippen LogP contribution in [0, 0.1) is 13.8 Å². The van der Waals surface area contributed by atoms with Gasteiger partial charge in [-0.25, -0.2) is 0 Å². The van der Waals surface area contributed by atoms with Gasteiger partial charge >= 0.3 is 0 Å². The number of carbonyl (C=O) groups excluding carboxylic acids is 1. The fourth-order valence-corrected chi connectivity index (χ4v) is 3.61. The molecule has 0 spiro atoms. The highest BCUT2D eigenvalue weighted by Gasteiger charge is 2.11. The number of aryl methyl sites for hydroxylation is 2. The van der Waals surface area contributed by atoms with E-state index in [0.29, 0.717) is 4.88 Å². The van der Waals surface area contributed by atoms with E-state index in [4.69, 9.17) is 0 Å². The van der Waals surface area contributed by atoms with Crippen molar-refractivity contribution in [3.8, 4) is 0 Å². The third-order valence-electron chi connectivity index (χ3n) is 2.38. The molecule has 1 aromatic carbocycles. The van der Waals surface area contributed by atoms with E-state index in [1.165, 1.54) is 11.3 Å². The van der Waals surface area contributed by atoms with Crippen LogP contribution in [-0.2, 0) is 0 Å². The number of amides is 1. The first-order valence-electron chi connectivity index (χ1n) is 5.30. The zero-order valence-corrected chi connectivity index (χ0v) is 13.9. The topological polar surface area (TPSA) is 29.1 Å². The van der Waals surface area contributed by atoms with E-state index < -0.39 is 0 Å². The van der Waals surface area contributed by atoms with Crippen LogP contribution in [0.3, 0.4) is 0 Å². The molecule has 0 saturated carbocycles. The Kier molecular flexibility index (Phi) is 4.25. The SMILES string of the molecule is Cc1cc(Br)cc(NC(=O)c2cc(C)c(Br)s2)c1. The molecule has 0 unspecified atom stereocenters. The molecule has 1 amide bonds. The van der Waals surface area contributed by atoms with Gasteiger partial charge in [-0.1, -0.05) is 15.9 Å². The van der Waals surface area contributed by atoms with Gasteiger partial charge in [-0.05, 0) is 65.2 Å². The van der Waals surface area contributed by atoms with Crippen molar-refractivity contribution in [1.29, 1.82) is 0 Å². The van der Waals surface area contributed by atoms with Gasteiger partial charge in [-0.15, -0.1) is 11.3 Å². The van der Waals surface area contributed by atoms with Gasteiger partial charge < -0.3 is 5.32 Å². The summed E-state index contributed by atoms with van der Waals surface area (Å²) in [6.45, 7) is 3.97. The summed E-state index contributed by atoms with van der Waals surface area (Å²) in [6, 6.07) is 7.72. The second-order valence-electron chi connectivity index (χ2n) is 4.04. The summed E-state index contributed by atoms with van der Waals surface area (Å²) >= 11 is 8.29. The van der Waals surface area contributed by atoms with E-state index in [-0.39, 0.29) is 5.91 Å². The number of anilines is 1. The lowest BCUT2D eigenvalue weighted by atomic mass is 10.2. The fraction of sp³-hybridized carbons (Fsp3) is 0.154. The van der Waals surface area contributed by atoms with Crippen molar-refractivity contribution in [2.75, 3.05) is 5.32 Å². The first-order chi connectivity index (χ1) is 8.45. The van der Waals surface area contributed by atoms with Crippen LogP contribution in [-0.4, -0.2) is 5.91 Å². The Bertz CT molecular complexity index is 567. The monoisotopic (exact) mass is 387 g/mol. The molecule has 2 rings (SSSR count).